The molecule has 0 aromatic heterocycles. The van der Waals surface area contributed by atoms with Crippen molar-refractivity contribution in [1.29, 1.82) is 0 Å². The van der Waals surface area contributed by atoms with Crippen LogP contribution in [0, 0.1) is 0 Å². The number of ether oxygens (including phenoxy) is 1. The third kappa shape index (κ3) is 5.09. The SMILES string of the molecule is CCC(C)(C)c1ccc(OCC(=O)Nc2cccc(C(=O)NC)c2)cc1. The summed E-state index contributed by atoms with van der Waals surface area (Å²) in [5, 5.41) is 5.28. The van der Waals surface area contributed by atoms with Gasteiger partial charge in [-0.25, -0.2) is 0 Å². The normalized spacial score (nSPS) is 10.9. The van der Waals surface area contributed by atoms with Gasteiger partial charge in [0.25, 0.3) is 11.8 Å². The molecule has 0 bridgehead atoms. The molecule has 2 rings (SSSR count). The topological polar surface area (TPSA) is 67.4 Å². The Balaban J connectivity index is 1.92. The molecule has 0 saturated heterocycles. The summed E-state index contributed by atoms with van der Waals surface area (Å²) >= 11 is 0. The standard InChI is InChI=1S/C21H26N2O3/c1-5-21(2,3)16-9-11-18(12-10-16)26-14-19(24)23-17-8-6-7-15(13-17)20(25)22-4/h6-13H,5,14H2,1-4H3,(H,22,25)(H,23,24). The van der Waals surface area contributed by atoms with Gasteiger partial charge in [-0.15, -0.1) is 0 Å². The molecule has 0 aliphatic rings. The molecule has 5 heteroatoms. The summed E-state index contributed by atoms with van der Waals surface area (Å²) in [6, 6.07) is 14.6. The Morgan fingerprint density at radius 1 is 1.08 bits per heavy atom. The number of hydrogen-bond donors (Lipinski definition) is 2. The molecule has 26 heavy (non-hydrogen) atoms. The van der Waals surface area contributed by atoms with E-state index in [4.69, 9.17) is 4.74 Å². The van der Waals surface area contributed by atoms with Crippen molar-refractivity contribution in [3.63, 3.8) is 0 Å². The molecular weight excluding hydrogens is 328 g/mol. The minimum Gasteiger partial charge on any atom is -0.484 e. The van der Waals surface area contributed by atoms with E-state index in [2.05, 4.69) is 31.4 Å². The second-order valence-corrected chi connectivity index (χ2v) is 6.76. The Kier molecular flexibility index (Phi) is 6.39. The van der Waals surface area contributed by atoms with Gasteiger partial charge in [-0.3, -0.25) is 9.59 Å². The van der Waals surface area contributed by atoms with Crippen LogP contribution in [-0.2, 0) is 10.2 Å². The number of carbonyl (C=O) groups excluding carboxylic acids is 2. The maximum absolute atomic E-state index is 12.1. The van der Waals surface area contributed by atoms with Crippen molar-refractivity contribution in [3.05, 3.63) is 59.7 Å². The Morgan fingerprint density at radius 3 is 2.38 bits per heavy atom. The van der Waals surface area contributed by atoms with Gasteiger partial charge in [0.15, 0.2) is 6.61 Å². The lowest BCUT2D eigenvalue weighted by Gasteiger charge is -2.23. The van der Waals surface area contributed by atoms with Gasteiger partial charge in [-0.1, -0.05) is 39.0 Å². The minimum atomic E-state index is -0.281. The number of hydrogen-bond acceptors (Lipinski definition) is 3. The third-order valence-electron chi connectivity index (χ3n) is 4.53. The number of carbonyl (C=O) groups is 2. The predicted molar refractivity (Wildman–Crippen MR) is 104 cm³/mol. The average molecular weight is 354 g/mol. The van der Waals surface area contributed by atoms with E-state index < -0.39 is 0 Å². The highest BCUT2D eigenvalue weighted by Gasteiger charge is 2.17. The summed E-state index contributed by atoms with van der Waals surface area (Å²) in [5.41, 5.74) is 2.40. The van der Waals surface area contributed by atoms with Crippen molar-refractivity contribution in [1.82, 2.24) is 5.32 Å². The molecule has 0 fully saturated rings. The first-order valence-electron chi connectivity index (χ1n) is 8.71. The fourth-order valence-corrected chi connectivity index (χ4v) is 2.43. The summed E-state index contributed by atoms with van der Waals surface area (Å²) < 4.78 is 5.55. The van der Waals surface area contributed by atoms with Crippen LogP contribution >= 0.6 is 0 Å². The van der Waals surface area contributed by atoms with Gasteiger partial charge in [-0.2, -0.15) is 0 Å². The Labute approximate surface area is 154 Å². The molecule has 0 heterocycles. The van der Waals surface area contributed by atoms with Gasteiger partial charge in [-0.05, 0) is 47.7 Å². The number of nitrogens with one attached hydrogen (secondary N) is 2. The van der Waals surface area contributed by atoms with Crippen LogP contribution in [0.15, 0.2) is 48.5 Å². The Hall–Kier alpha value is -2.82. The summed E-state index contributed by atoms with van der Waals surface area (Å²) in [4.78, 5) is 23.7. The molecule has 0 unspecified atom stereocenters. The van der Waals surface area contributed by atoms with E-state index in [-0.39, 0.29) is 23.8 Å². The third-order valence-corrected chi connectivity index (χ3v) is 4.53. The molecule has 2 amide bonds. The zero-order valence-corrected chi connectivity index (χ0v) is 15.8. The van der Waals surface area contributed by atoms with Crippen molar-refractivity contribution in [2.75, 3.05) is 19.0 Å². The molecule has 5 nitrogen and oxygen atoms in total. The fourth-order valence-electron chi connectivity index (χ4n) is 2.43. The average Bonchev–Trinajstić information content (AvgIpc) is 2.66. The molecular formula is C21H26N2O3. The van der Waals surface area contributed by atoms with Crippen molar-refractivity contribution < 1.29 is 14.3 Å². The molecule has 2 N–H and O–H groups in total. The number of anilines is 1. The zero-order valence-electron chi connectivity index (χ0n) is 15.8. The number of benzene rings is 2. The Bertz CT molecular complexity index is 767. The summed E-state index contributed by atoms with van der Waals surface area (Å²) in [6.45, 7) is 6.46. The molecule has 0 saturated carbocycles. The lowest BCUT2D eigenvalue weighted by atomic mass is 9.82. The monoisotopic (exact) mass is 354 g/mol. The van der Waals surface area contributed by atoms with Gasteiger partial charge in [0, 0.05) is 18.3 Å². The van der Waals surface area contributed by atoms with Crippen LogP contribution in [-0.4, -0.2) is 25.5 Å². The van der Waals surface area contributed by atoms with Crippen LogP contribution in [0.2, 0.25) is 0 Å². The maximum atomic E-state index is 12.1. The highest BCUT2D eigenvalue weighted by Crippen LogP contribution is 2.28. The lowest BCUT2D eigenvalue weighted by Crippen LogP contribution is -2.21. The van der Waals surface area contributed by atoms with Crippen molar-refractivity contribution in [3.8, 4) is 5.75 Å². The molecule has 0 aliphatic carbocycles. The summed E-state index contributed by atoms with van der Waals surface area (Å²) in [6.07, 6.45) is 1.05. The van der Waals surface area contributed by atoms with Crippen molar-refractivity contribution in [2.24, 2.45) is 0 Å². The van der Waals surface area contributed by atoms with E-state index in [1.807, 2.05) is 24.3 Å². The molecule has 0 spiro atoms. The second kappa shape index (κ2) is 8.52. The number of amides is 2. The van der Waals surface area contributed by atoms with Crippen LogP contribution in [0.3, 0.4) is 0 Å². The van der Waals surface area contributed by atoms with Crippen molar-refractivity contribution in [2.45, 2.75) is 32.6 Å². The minimum absolute atomic E-state index is 0.0965. The molecule has 2 aromatic rings. The van der Waals surface area contributed by atoms with Crippen LogP contribution in [0.1, 0.15) is 43.1 Å². The van der Waals surface area contributed by atoms with E-state index in [9.17, 15) is 9.59 Å². The quantitative estimate of drug-likeness (QED) is 0.796. The molecule has 0 aliphatic heterocycles. The van der Waals surface area contributed by atoms with E-state index in [1.54, 1.807) is 31.3 Å². The van der Waals surface area contributed by atoms with Crippen LogP contribution < -0.4 is 15.4 Å². The smallest absolute Gasteiger partial charge is 0.262 e. The van der Waals surface area contributed by atoms with Crippen LogP contribution in [0.25, 0.3) is 0 Å². The largest absolute Gasteiger partial charge is 0.484 e. The van der Waals surface area contributed by atoms with Crippen molar-refractivity contribution >= 4 is 17.5 Å². The fraction of sp³-hybridized carbons (Fsp3) is 0.333. The first-order valence-corrected chi connectivity index (χ1v) is 8.71. The first kappa shape index (κ1) is 19.5. The zero-order chi connectivity index (χ0) is 19.2. The highest BCUT2D eigenvalue weighted by molar-refractivity contribution is 5.97. The molecule has 0 radical (unpaired) electrons. The van der Waals surface area contributed by atoms with E-state index in [0.29, 0.717) is 17.0 Å². The Morgan fingerprint density at radius 2 is 1.77 bits per heavy atom. The first-order chi connectivity index (χ1) is 12.4. The van der Waals surface area contributed by atoms with Gasteiger partial charge >= 0.3 is 0 Å². The summed E-state index contributed by atoms with van der Waals surface area (Å²) in [5.74, 6) is 0.166. The van der Waals surface area contributed by atoms with Gasteiger partial charge in [0.2, 0.25) is 0 Å². The van der Waals surface area contributed by atoms with E-state index >= 15 is 0 Å². The molecule has 2 aromatic carbocycles. The summed E-state index contributed by atoms with van der Waals surface area (Å²) in [7, 11) is 1.56. The van der Waals surface area contributed by atoms with E-state index in [0.717, 1.165) is 6.42 Å². The van der Waals surface area contributed by atoms with Gasteiger partial charge in [0.1, 0.15) is 5.75 Å². The molecule has 0 atom stereocenters. The number of rotatable bonds is 7. The lowest BCUT2D eigenvalue weighted by molar-refractivity contribution is -0.118. The van der Waals surface area contributed by atoms with E-state index in [1.165, 1.54) is 5.56 Å². The molecule has 138 valence electrons. The maximum Gasteiger partial charge on any atom is 0.262 e. The van der Waals surface area contributed by atoms with Gasteiger partial charge in [0.05, 0.1) is 0 Å². The van der Waals surface area contributed by atoms with Gasteiger partial charge < -0.3 is 15.4 Å². The van der Waals surface area contributed by atoms with Crippen LogP contribution in [0.4, 0.5) is 5.69 Å². The highest BCUT2D eigenvalue weighted by atomic mass is 16.5. The second-order valence-electron chi connectivity index (χ2n) is 6.76. The van der Waals surface area contributed by atoms with Crippen LogP contribution in [0.5, 0.6) is 5.75 Å². The predicted octanol–water partition coefficient (Wildman–Crippen LogP) is 3.75.